The van der Waals surface area contributed by atoms with Gasteiger partial charge in [-0.25, -0.2) is 14.5 Å². The number of anilines is 1. The van der Waals surface area contributed by atoms with E-state index in [-0.39, 0.29) is 5.91 Å². The Bertz CT molecular complexity index is 964. The van der Waals surface area contributed by atoms with Crippen LogP contribution in [-0.2, 0) is 4.74 Å². The molecule has 0 bridgehead atoms. The molecule has 26 heavy (non-hydrogen) atoms. The van der Waals surface area contributed by atoms with Crippen molar-refractivity contribution in [2.45, 2.75) is 13.8 Å². The molecule has 0 aliphatic heterocycles. The van der Waals surface area contributed by atoms with Gasteiger partial charge in [-0.1, -0.05) is 12.1 Å². The van der Waals surface area contributed by atoms with Crippen molar-refractivity contribution in [3.63, 3.8) is 0 Å². The summed E-state index contributed by atoms with van der Waals surface area (Å²) in [5, 5.41) is 7.03. The quantitative estimate of drug-likeness (QED) is 0.731. The average molecular weight is 350 g/mol. The van der Waals surface area contributed by atoms with Crippen LogP contribution in [0.5, 0.6) is 0 Å². The van der Waals surface area contributed by atoms with E-state index in [2.05, 4.69) is 15.4 Å². The molecule has 1 N–H and O–H groups in total. The first-order valence-corrected chi connectivity index (χ1v) is 7.97. The molecule has 0 aliphatic carbocycles. The number of pyridine rings is 1. The molecule has 3 rings (SSSR count). The van der Waals surface area contributed by atoms with Gasteiger partial charge in [0.15, 0.2) is 5.82 Å². The van der Waals surface area contributed by atoms with Crippen LogP contribution in [0.1, 0.15) is 32.0 Å². The number of nitrogens with one attached hydrogen (secondary N) is 1. The normalized spacial score (nSPS) is 10.4. The molecular weight excluding hydrogens is 332 g/mol. The van der Waals surface area contributed by atoms with Crippen LogP contribution in [-0.4, -0.2) is 33.8 Å². The van der Waals surface area contributed by atoms with Gasteiger partial charge < -0.3 is 10.1 Å². The zero-order valence-corrected chi connectivity index (χ0v) is 14.7. The number of methoxy groups -OCH3 is 1. The minimum Gasteiger partial charge on any atom is -0.465 e. The number of amides is 1. The molecule has 0 saturated carbocycles. The summed E-state index contributed by atoms with van der Waals surface area (Å²) >= 11 is 0. The second kappa shape index (κ2) is 7.18. The summed E-state index contributed by atoms with van der Waals surface area (Å²) in [6, 6.07) is 10.6. The summed E-state index contributed by atoms with van der Waals surface area (Å²) in [6.07, 6.45) is 3.16. The summed E-state index contributed by atoms with van der Waals surface area (Å²) in [5.74, 6) is -0.130. The number of esters is 1. The third kappa shape index (κ3) is 3.32. The first kappa shape index (κ1) is 17.3. The minimum absolute atomic E-state index is 0.315. The molecule has 2 heterocycles. The van der Waals surface area contributed by atoms with Crippen molar-refractivity contribution in [1.82, 2.24) is 14.8 Å². The number of ether oxygens (including phenoxy) is 1. The van der Waals surface area contributed by atoms with Crippen LogP contribution in [0.3, 0.4) is 0 Å². The average Bonchev–Trinajstić information content (AvgIpc) is 3.05. The van der Waals surface area contributed by atoms with E-state index in [1.54, 1.807) is 42.9 Å². The lowest BCUT2D eigenvalue weighted by atomic mass is 10.1. The van der Waals surface area contributed by atoms with Crippen molar-refractivity contribution in [2.75, 3.05) is 12.4 Å². The minimum atomic E-state index is -0.447. The highest BCUT2D eigenvalue weighted by molar-refractivity contribution is 6.05. The smallest absolute Gasteiger partial charge is 0.338 e. The fourth-order valence-electron chi connectivity index (χ4n) is 2.57. The van der Waals surface area contributed by atoms with Crippen LogP contribution >= 0.6 is 0 Å². The van der Waals surface area contributed by atoms with Gasteiger partial charge in [-0.3, -0.25) is 4.79 Å². The van der Waals surface area contributed by atoms with Crippen LogP contribution in [0, 0.1) is 13.8 Å². The molecule has 0 fully saturated rings. The van der Waals surface area contributed by atoms with E-state index < -0.39 is 5.97 Å². The number of nitrogens with zero attached hydrogens (tertiary/aromatic N) is 3. The number of carbonyl (C=O) groups excluding carboxylic acids is 2. The molecule has 0 saturated heterocycles. The number of aryl methyl sites for hydroxylation is 1. The molecule has 0 aliphatic rings. The Balaban J connectivity index is 1.86. The lowest BCUT2D eigenvalue weighted by Gasteiger charge is -2.09. The number of aromatic nitrogens is 3. The number of rotatable bonds is 4. The summed E-state index contributed by atoms with van der Waals surface area (Å²) in [6.45, 7) is 3.60. The Morgan fingerprint density at radius 1 is 1.12 bits per heavy atom. The monoisotopic (exact) mass is 350 g/mol. The second-order valence-electron chi connectivity index (χ2n) is 5.72. The summed E-state index contributed by atoms with van der Waals surface area (Å²) in [7, 11) is 1.32. The fourth-order valence-corrected chi connectivity index (χ4v) is 2.57. The van der Waals surface area contributed by atoms with Gasteiger partial charge >= 0.3 is 5.97 Å². The van der Waals surface area contributed by atoms with E-state index in [4.69, 9.17) is 4.74 Å². The lowest BCUT2D eigenvalue weighted by molar-refractivity contribution is 0.0599. The highest BCUT2D eigenvalue weighted by atomic mass is 16.5. The van der Waals surface area contributed by atoms with Gasteiger partial charge in [0.1, 0.15) is 0 Å². The molecule has 1 aromatic carbocycles. The number of hydrogen-bond donors (Lipinski definition) is 1. The molecule has 0 radical (unpaired) electrons. The van der Waals surface area contributed by atoms with E-state index in [9.17, 15) is 9.59 Å². The van der Waals surface area contributed by atoms with Crippen molar-refractivity contribution in [3.05, 3.63) is 71.2 Å². The maximum Gasteiger partial charge on any atom is 0.338 e. The predicted molar refractivity (Wildman–Crippen MR) is 96.6 cm³/mol. The Labute approximate surface area is 150 Å². The molecule has 3 aromatic rings. The molecule has 0 unspecified atom stereocenters. The van der Waals surface area contributed by atoms with E-state index in [1.165, 1.54) is 13.3 Å². The van der Waals surface area contributed by atoms with Crippen molar-refractivity contribution >= 4 is 17.6 Å². The molecule has 7 heteroatoms. The van der Waals surface area contributed by atoms with Crippen LogP contribution < -0.4 is 5.32 Å². The summed E-state index contributed by atoms with van der Waals surface area (Å²) < 4.78 is 6.36. The van der Waals surface area contributed by atoms with Crippen molar-refractivity contribution in [1.29, 1.82) is 0 Å². The molecule has 2 aromatic heterocycles. The third-order valence-corrected chi connectivity index (χ3v) is 4.02. The Kier molecular flexibility index (Phi) is 4.79. The van der Waals surface area contributed by atoms with Gasteiger partial charge in [0.2, 0.25) is 0 Å². The van der Waals surface area contributed by atoms with Gasteiger partial charge in [0.25, 0.3) is 5.91 Å². The topological polar surface area (TPSA) is 86.1 Å². The Morgan fingerprint density at radius 2 is 1.92 bits per heavy atom. The summed E-state index contributed by atoms with van der Waals surface area (Å²) in [5.41, 5.74) is 2.78. The van der Waals surface area contributed by atoms with E-state index in [0.29, 0.717) is 28.3 Å². The van der Waals surface area contributed by atoms with E-state index in [1.807, 2.05) is 18.2 Å². The summed E-state index contributed by atoms with van der Waals surface area (Å²) in [4.78, 5) is 28.6. The Hall–Kier alpha value is -3.48. The molecule has 7 nitrogen and oxygen atoms in total. The fraction of sp³-hybridized carbons (Fsp3) is 0.158. The molecule has 0 spiro atoms. The molecule has 132 valence electrons. The maximum atomic E-state index is 12.6. The first-order valence-electron chi connectivity index (χ1n) is 7.97. The lowest BCUT2D eigenvalue weighted by Crippen LogP contribution is -2.14. The third-order valence-electron chi connectivity index (χ3n) is 4.02. The van der Waals surface area contributed by atoms with Crippen LogP contribution in [0.4, 0.5) is 5.69 Å². The molecule has 1 amide bonds. The maximum absolute atomic E-state index is 12.6. The highest BCUT2D eigenvalue weighted by Gasteiger charge is 2.17. The van der Waals surface area contributed by atoms with Gasteiger partial charge in [-0.05, 0) is 43.7 Å². The SMILES string of the molecule is COC(=O)c1cc(NC(=O)c2cnn(-c3ccccn3)c2C)ccc1C. The van der Waals surface area contributed by atoms with Gasteiger partial charge in [0, 0.05) is 11.9 Å². The highest BCUT2D eigenvalue weighted by Crippen LogP contribution is 2.19. The van der Waals surface area contributed by atoms with Crippen LogP contribution in [0.2, 0.25) is 0 Å². The largest absolute Gasteiger partial charge is 0.465 e. The van der Waals surface area contributed by atoms with Crippen LogP contribution in [0.15, 0.2) is 48.8 Å². The van der Waals surface area contributed by atoms with Gasteiger partial charge in [-0.2, -0.15) is 5.10 Å². The molecular formula is C19H18N4O3. The first-order chi connectivity index (χ1) is 12.5. The van der Waals surface area contributed by atoms with E-state index >= 15 is 0 Å². The van der Waals surface area contributed by atoms with Gasteiger partial charge in [-0.15, -0.1) is 0 Å². The second-order valence-corrected chi connectivity index (χ2v) is 5.72. The van der Waals surface area contributed by atoms with Crippen molar-refractivity contribution in [2.24, 2.45) is 0 Å². The Morgan fingerprint density at radius 3 is 2.62 bits per heavy atom. The molecule has 0 atom stereocenters. The van der Waals surface area contributed by atoms with Gasteiger partial charge in [0.05, 0.1) is 30.1 Å². The zero-order valence-electron chi connectivity index (χ0n) is 14.7. The van der Waals surface area contributed by atoms with Crippen molar-refractivity contribution < 1.29 is 14.3 Å². The van der Waals surface area contributed by atoms with Crippen molar-refractivity contribution in [3.8, 4) is 5.82 Å². The zero-order chi connectivity index (χ0) is 18.7. The number of benzene rings is 1. The van der Waals surface area contributed by atoms with E-state index in [0.717, 1.165) is 5.56 Å². The number of hydrogen-bond acceptors (Lipinski definition) is 5. The standard InChI is InChI=1S/C19H18N4O3/c1-12-7-8-14(10-15(12)19(25)26-3)22-18(24)16-11-21-23(13(16)2)17-6-4-5-9-20-17/h4-11H,1-3H3,(H,22,24). The predicted octanol–water partition coefficient (Wildman–Crippen LogP) is 2.92. The number of carbonyl (C=O) groups is 2. The van der Waals surface area contributed by atoms with Crippen LogP contribution in [0.25, 0.3) is 5.82 Å².